The number of anilines is 1. The molecule has 212 valence electrons. The number of morpholine rings is 1. The van der Waals surface area contributed by atoms with E-state index in [4.69, 9.17) is 10.5 Å². The monoisotopic (exact) mass is 589 g/mol. The average Bonchev–Trinajstić information content (AvgIpc) is 3.16. The lowest BCUT2D eigenvalue weighted by molar-refractivity contribution is -0.236. The van der Waals surface area contributed by atoms with Crippen LogP contribution in [0.3, 0.4) is 0 Å². The Bertz CT molecular complexity index is 1380. The summed E-state index contributed by atoms with van der Waals surface area (Å²) >= 11 is 0. The van der Waals surface area contributed by atoms with Crippen molar-refractivity contribution < 1.29 is 27.5 Å². The van der Waals surface area contributed by atoms with Crippen molar-refractivity contribution in [1.29, 1.82) is 0 Å². The third-order valence-corrected chi connectivity index (χ3v) is 6.90. The first-order valence-electron chi connectivity index (χ1n) is 11.8. The van der Waals surface area contributed by atoms with Gasteiger partial charge >= 0.3 is 6.18 Å². The Labute approximate surface area is 234 Å². The summed E-state index contributed by atoms with van der Waals surface area (Å²) in [6, 6.07) is 3.51. The molecule has 1 atom stereocenters. The van der Waals surface area contributed by atoms with Crippen molar-refractivity contribution in [3.63, 3.8) is 0 Å². The van der Waals surface area contributed by atoms with E-state index in [1.165, 1.54) is 10.9 Å². The molecule has 2 N–H and O–H groups in total. The van der Waals surface area contributed by atoms with Crippen LogP contribution < -0.4 is 5.73 Å². The fraction of sp³-hybridized carbons (Fsp3) is 0.458. The van der Waals surface area contributed by atoms with Gasteiger partial charge in [-0.1, -0.05) is 0 Å². The molecule has 2 saturated heterocycles. The molecule has 5 heterocycles. The Kier molecular flexibility index (Phi) is 8.98. The predicted molar refractivity (Wildman–Crippen MR) is 141 cm³/mol. The molecule has 2 aliphatic rings. The van der Waals surface area contributed by atoms with E-state index >= 15 is 0 Å². The number of carbonyl (C=O) groups is 2. The molecule has 3 aromatic rings. The van der Waals surface area contributed by atoms with Crippen LogP contribution in [0.4, 0.5) is 19.0 Å². The molecular formula is C24H28Cl2F3N7O3. The summed E-state index contributed by atoms with van der Waals surface area (Å²) in [6.45, 7) is 3.56. The second-order valence-corrected chi connectivity index (χ2v) is 9.40. The van der Waals surface area contributed by atoms with Gasteiger partial charge in [0.15, 0.2) is 6.10 Å². The maximum absolute atomic E-state index is 13.1. The number of likely N-dealkylation sites (tertiary alicyclic amines) is 1. The maximum atomic E-state index is 13.1. The van der Waals surface area contributed by atoms with Crippen LogP contribution >= 0.6 is 24.8 Å². The number of nitrogens with zero attached hydrogens (tertiary/aromatic N) is 6. The molecule has 0 radical (unpaired) electrons. The van der Waals surface area contributed by atoms with E-state index in [9.17, 15) is 22.8 Å². The normalized spacial score (nSPS) is 17.8. The van der Waals surface area contributed by atoms with Crippen LogP contribution in [0.2, 0.25) is 0 Å². The third kappa shape index (κ3) is 5.89. The molecule has 39 heavy (non-hydrogen) atoms. The quantitative estimate of drug-likeness (QED) is 0.497. The molecule has 2 amide bonds. The van der Waals surface area contributed by atoms with E-state index in [-0.39, 0.29) is 56.3 Å². The van der Waals surface area contributed by atoms with E-state index in [1.54, 1.807) is 24.1 Å². The number of aromatic nitrogens is 4. The minimum Gasteiger partial charge on any atom is -0.383 e. The first kappa shape index (κ1) is 30.4. The number of fused-ring (bicyclic) bond motifs is 1. The van der Waals surface area contributed by atoms with Gasteiger partial charge in [0.1, 0.15) is 12.4 Å². The van der Waals surface area contributed by atoms with Crippen molar-refractivity contribution in [2.45, 2.75) is 38.6 Å². The van der Waals surface area contributed by atoms with Gasteiger partial charge in [0, 0.05) is 54.0 Å². The second kappa shape index (κ2) is 11.5. The third-order valence-electron chi connectivity index (χ3n) is 6.90. The first-order chi connectivity index (χ1) is 17.5. The van der Waals surface area contributed by atoms with Crippen molar-refractivity contribution in [1.82, 2.24) is 29.5 Å². The molecule has 0 aliphatic carbocycles. The van der Waals surface area contributed by atoms with Crippen LogP contribution in [0.5, 0.6) is 0 Å². The molecule has 2 aliphatic heterocycles. The molecule has 10 nitrogen and oxygen atoms in total. The van der Waals surface area contributed by atoms with Crippen LogP contribution in [-0.2, 0) is 16.1 Å². The molecule has 2 fully saturated rings. The number of carbonyl (C=O) groups excluding carboxylic acids is 2. The number of pyridine rings is 2. The Morgan fingerprint density at radius 1 is 1.13 bits per heavy atom. The van der Waals surface area contributed by atoms with Crippen molar-refractivity contribution in [3.8, 4) is 0 Å². The lowest BCUT2D eigenvalue weighted by atomic mass is 9.93. The summed E-state index contributed by atoms with van der Waals surface area (Å²) in [5.41, 5.74) is 9.05. The van der Waals surface area contributed by atoms with Crippen LogP contribution in [-0.4, -0.2) is 86.4 Å². The topological polar surface area (TPSA) is 119 Å². The number of alkyl halides is 3. The fourth-order valence-electron chi connectivity index (χ4n) is 4.70. The maximum Gasteiger partial charge on any atom is 0.416 e. The molecule has 0 unspecified atom stereocenters. The fourth-order valence-corrected chi connectivity index (χ4v) is 4.70. The molecule has 5 rings (SSSR count). The Hall–Kier alpha value is -3.16. The molecular weight excluding hydrogens is 562 g/mol. The van der Waals surface area contributed by atoms with Crippen molar-refractivity contribution >= 4 is 53.3 Å². The van der Waals surface area contributed by atoms with E-state index in [2.05, 4.69) is 15.1 Å². The lowest BCUT2D eigenvalue weighted by Crippen LogP contribution is -2.51. The van der Waals surface area contributed by atoms with Gasteiger partial charge in [-0.3, -0.25) is 19.3 Å². The molecule has 15 heteroatoms. The minimum absolute atomic E-state index is 0. The minimum atomic E-state index is -4.54. The summed E-state index contributed by atoms with van der Waals surface area (Å²) < 4.78 is 45.6. The lowest BCUT2D eigenvalue weighted by Gasteiger charge is -2.39. The van der Waals surface area contributed by atoms with Crippen LogP contribution in [0.15, 0.2) is 24.5 Å². The summed E-state index contributed by atoms with van der Waals surface area (Å²) in [6.07, 6.45) is -3.44. The number of amides is 2. The zero-order valence-corrected chi connectivity index (χ0v) is 22.8. The number of hydrogen-bond donors (Lipinski definition) is 1. The van der Waals surface area contributed by atoms with Gasteiger partial charge in [-0.25, -0.2) is 4.98 Å². The van der Waals surface area contributed by atoms with Crippen molar-refractivity contribution in [2.75, 3.05) is 38.5 Å². The van der Waals surface area contributed by atoms with E-state index in [0.717, 1.165) is 21.7 Å². The number of nitrogens with two attached hydrogens (primary N) is 1. The first-order valence-corrected chi connectivity index (χ1v) is 11.8. The highest BCUT2D eigenvalue weighted by Crippen LogP contribution is 2.33. The van der Waals surface area contributed by atoms with Gasteiger partial charge in [0.2, 0.25) is 5.91 Å². The average molecular weight is 590 g/mol. The number of rotatable bonds is 4. The van der Waals surface area contributed by atoms with Gasteiger partial charge < -0.3 is 20.3 Å². The summed E-state index contributed by atoms with van der Waals surface area (Å²) in [5, 5.41) is 5.46. The number of hydrogen-bond acceptors (Lipinski definition) is 7. The van der Waals surface area contributed by atoms with Gasteiger partial charge in [0.25, 0.3) is 5.91 Å². The molecule has 0 spiro atoms. The van der Waals surface area contributed by atoms with Gasteiger partial charge in [0.05, 0.1) is 30.6 Å². The highest BCUT2D eigenvalue weighted by molar-refractivity contribution is 5.97. The number of aryl methyl sites for hydroxylation is 1. The van der Waals surface area contributed by atoms with Gasteiger partial charge in [-0.15, -0.1) is 24.8 Å². The standard InChI is InChI=1S/C24H26F3N7O3.2ClH/c1-13-7-17-18(8-30-13)34(12-20(35)32-5-6-37-19(11-32)24(25,26)27)31-21(17)15-9-33(10-15)23(36)16-3-4-29-22(28)14(16)2;;/h3-4,7-8,15,19H,5-6,9-12H2,1-2H3,(H2,28,29);2*1H/t19-;;/m1../s1. The zero-order chi connectivity index (χ0) is 26.5. The molecule has 3 aromatic heterocycles. The SMILES string of the molecule is Cc1cc2c(C3CN(C(=O)c4ccnc(N)c4C)C3)nn(CC(=O)N3CCO[C@@H](C(F)(F)F)C3)c2cn1.Cl.Cl. The molecule has 0 aromatic carbocycles. The Balaban J connectivity index is 0.00000210. The highest BCUT2D eigenvalue weighted by atomic mass is 35.5. The number of nitrogen functional groups attached to an aromatic ring is 1. The smallest absolute Gasteiger partial charge is 0.383 e. The van der Waals surface area contributed by atoms with E-state index in [1.807, 2.05) is 13.0 Å². The van der Waals surface area contributed by atoms with Crippen molar-refractivity contribution in [2.24, 2.45) is 0 Å². The van der Waals surface area contributed by atoms with Crippen LogP contribution in [0, 0.1) is 13.8 Å². The van der Waals surface area contributed by atoms with Gasteiger partial charge in [-0.2, -0.15) is 18.3 Å². The van der Waals surface area contributed by atoms with Crippen molar-refractivity contribution in [3.05, 3.63) is 47.0 Å². The van der Waals surface area contributed by atoms with E-state index in [0.29, 0.717) is 35.6 Å². The van der Waals surface area contributed by atoms with Gasteiger partial charge in [-0.05, 0) is 26.0 Å². The predicted octanol–water partition coefficient (Wildman–Crippen LogP) is 2.90. The second-order valence-electron chi connectivity index (χ2n) is 9.40. The zero-order valence-electron chi connectivity index (χ0n) is 21.1. The molecule has 0 bridgehead atoms. The summed E-state index contributed by atoms with van der Waals surface area (Å²) in [5.74, 6) is -0.388. The Morgan fingerprint density at radius 3 is 2.54 bits per heavy atom. The Morgan fingerprint density at radius 2 is 1.85 bits per heavy atom. The van der Waals surface area contributed by atoms with Crippen LogP contribution in [0.1, 0.15) is 33.2 Å². The number of ether oxygens (including phenoxy) is 1. The summed E-state index contributed by atoms with van der Waals surface area (Å²) in [7, 11) is 0. The summed E-state index contributed by atoms with van der Waals surface area (Å²) in [4.78, 5) is 37.1. The number of halogens is 5. The molecule has 0 saturated carbocycles. The largest absolute Gasteiger partial charge is 0.416 e. The highest BCUT2D eigenvalue weighted by Gasteiger charge is 2.44. The van der Waals surface area contributed by atoms with Crippen LogP contribution in [0.25, 0.3) is 10.9 Å². The van der Waals surface area contributed by atoms with E-state index < -0.39 is 24.7 Å².